The first-order valence-corrected chi connectivity index (χ1v) is 13.4. The van der Waals surface area contributed by atoms with Crippen molar-refractivity contribution in [2.24, 2.45) is 0 Å². The first-order valence-electron chi connectivity index (χ1n) is 12.5. The maximum absolute atomic E-state index is 13.5. The Labute approximate surface area is 216 Å². The zero-order valence-corrected chi connectivity index (χ0v) is 21.8. The van der Waals surface area contributed by atoms with Gasteiger partial charge in [0.05, 0.1) is 18.9 Å². The van der Waals surface area contributed by atoms with Crippen molar-refractivity contribution in [3.05, 3.63) is 76.9 Å². The van der Waals surface area contributed by atoms with E-state index in [0.717, 1.165) is 72.3 Å². The fourth-order valence-electron chi connectivity index (χ4n) is 4.61. The van der Waals surface area contributed by atoms with Gasteiger partial charge in [0.2, 0.25) is 0 Å². The first-order chi connectivity index (χ1) is 17.6. The van der Waals surface area contributed by atoms with Crippen molar-refractivity contribution in [1.29, 1.82) is 0 Å². The number of carbonyl (C=O) groups is 1. The lowest BCUT2D eigenvalue weighted by molar-refractivity contribution is 0.0352. The lowest BCUT2D eigenvalue weighted by Gasteiger charge is -2.30. The molecule has 36 heavy (non-hydrogen) atoms. The Morgan fingerprint density at radius 2 is 1.81 bits per heavy atom. The molecule has 2 aromatic carbocycles. The van der Waals surface area contributed by atoms with Gasteiger partial charge in [0.15, 0.2) is 4.96 Å². The Balaban J connectivity index is 1.31. The highest BCUT2D eigenvalue weighted by atomic mass is 32.1. The Hall–Kier alpha value is -3.20. The summed E-state index contributed by atoms with van der Waals surface area (Å²) in [6.45, 7) is 9.54. The molecule has 4 aromatic rings. The number of rotatable bonds is 8. The van der Waals surface area contributed by atoms with Gasteiger partial charge in [0.25, 0.3) is 0 Å². The zero-order chi connectivity index (χ0) is 24.9. The van der Waals surface area contributed by atoms with E-state index >= 15 is 0 Å². The van der Waals surface area contributed by atoms with Crippen LogP contribution < -0.4 is 5.32 Å². The molecule has 2 aromatic heterocycles. The second-order valence-electron chi connectivity index (χ2n) is 9.26. The molecule has 1 aliphatic rings. The Kier molecular flexibility index (Phi) is 7.65. The molecule has 0 aliphatic carbocycles. The van der Waals surface area contributed by atoms with E-state index in [1.54, 1.807) is 11.3 Å². The van der Waals surface area contributed by atoms with Crippen LogP contribution in [0.2, 0.25) is 0 Å². The van der Waals surface area contributed by atoms with E-state index in [1.807, 2.05) is 55.1 Å². The van der Waals surface area contributed by atoms with Gasteiger partial charge in [-0.05, 0) is 25.0 Å². The van der Waals surface area contributed by atoms with E-state index in [4.69, 9.17) is 9.72 Å². The number of anilines is 1. The van der Waals surface area contributed by atoms with Crippen molar-refractivity contribution in [2.75, 3.05) is 51.3 Å². The second-order valence-corrected chi connectivity index (χ2v) is 10.1. The van der Waals surface area contributed by atoms with Gasteiger partial charge in [-0.1, -0.05) is 48.5 Å². The Morgan fingerprint density at radius 1 is 1.06 bits per heavy atom. The highest BCUT2D eigenvalue weighted by Gasteiger charge is 2.19. The third-order valence-electron chi connectivity index (χ3n) is 6.78. The number of urea groups is 1. The summed E-state index contributed by atoms with van der Waals surface area (Å²) in [4.78, 5) is 23.6. The van der Waals surface area contributed by atoms with Crippen LogP contribution in [0.25, 0.3) is 16.2 Å². The highest BCUT2D eigenvalue weighted by molar-refractivity contribution is 7.15. The van der Waals surface area contributed by atoms with E-state index in [2.05, 4.69) is 38.3 Å². The molecule has 7 nitrogen and oxygen atoms in total. The van der Waals surface area contributed by atoms with Crippen LogP contribution >= 0.6 is 11.3 Å². The number of carbonyl (C=O) groups excluding carboxylic acids is 1. The number of aryl methyl sites for hydroxylation is 2. The smallest absolute Gasteiger partial charge is 0.321 e. The van der Waals surface area contributed by atoms with Gasteiger partial charge in [0, 0.05) is 67.7 Å². The van der Waals surface area contributed by atoms with Crippen LogP contribution in [0.3, 0.4) is 0 Å². The van der Waals surface area contributed by atoms with Crippen molar-refractivity contribution in [3.8, 4) is 11.3 Å². The van der Waals surface area contributed by atoms with Crippen molar-refractivity contribution in [1.82, 2.24) is 19.2 Å². The molecule has 1 N–H and O–H groups in total. The first kappa shape index (κ1) is 24.5. The van der Waals surface area contributed by atoms with Crippen LogP contribution in [-0.4, -0.2) is 71.2 Å². The third-order valence-corrected chi connectivity index (χ3v) is 7.67. The molecule has 1 fully saturated rings. The molecule has 0 radical (unpaired) electrons. The number of morpholine rings is 1. The third kappa shape index (κ3) is 5.61. The number of nitrogens with one attached hydrogen (secondary N) is 1. The maximum atomic E-state index is 13.5. The monoisotopic (exact) mass is 503 g/mol. The summed E-state index contributed by atoms with van der Waals surface area (Å²) >= 11 is 1.64. The molecule has 2 amide bonds. The molecule has 3 heterocycles. The molecule has 8 heteroatoms. The van der Waals surface area contributed by atoms with E-state index < -0.39 is 0 Å². The number of hydrogen-bond donors (Lipinski definition) is 1. The van der Waals surface area contributed by atoms with Gasteiger partial charge < -0.3 is 15.0 Å². The molecule has 188 valence electrons. The number of imidazole rings is 1. The Bertz CT molecular complexity index is 1290. The summed E-state index contributed by atoms with van der Waals surface area (Å²) in [5.74, 6) is 0. The maximum Gasteiger partial charge on any atom is 0.321 e. The predicted molar refractivity (Wildman–Crippen MR) is 146 cm³/mol. The van der Waals surface area contributed by atoms with Gasteiger partial charge in [-0.2, -0.15) is 0 Å². The van der Waals surface area contributed by atoms with Crippen LogP contribution in [0, 0.1) is 13.8 Å². The van der Waals surface area contributed by atoms with Gasteiger partial charge in [-0.25, -0.2) is 9.78 Å². The molecular formula is C28H33N5O2S. The fraction of sp³-hybridized carbons (Fsp3) is 0.357. The summed E-state index contributed by atoms with van der Waals surface area (Å²) < 4.78 is 7.65. The van der Waals surface area contributed by atoms with Crippen molar-refractivity contribution in [2.45, 2.75) is 20.3 Å². The number of ether oxygens (including phenoxy) is 1. The van der Waals surface area contributed by atoms with Gasteiger partial charge in [0.1, 0.15) is 0 Å². The lowest BCUT2D eigenvalue weighted by atomic mass is 10.1. The number of fused-ring (bicyclic) bond motifs is 1. The number of nitrogens with zero attached hydrogens (tertiary/aromatic N) is 4. The summed E-state index contributed by atoms with van der Waals surface area (Å²) in [5, 5.41) is 5.34. The van der Waals surface area contributed by atoms with Crippen molar-refractivity contribution >= 4 is 28.0 Å². The normalized spacial score (nSPS) is 14.3. The summed E-state index contributed by atoms with van der Waals surface area (Å²) in [6, 6.07) is 16.3. The molecule has 1 aliphatic heterocycles. The van der Waals surface area contributed by atoms with E-state index in [-0.39, 0.29) is 6.03 Å². The zero-order valence-electron chi connectivity index (χ0n) is 20.9. The number of aromatic nitrogens is 2. The minimum atomic E-state index is -0.0530. The Morgan fingerprint density at radius 3 is 2.56 bits per heavy atom. The largest absolute Gasteiger partial charge is 0.379 e. The number of hydrogen-bond acceptors (Lipinski definition) is 5. The molecule has 0 atom stereocenters. The van der Waals surface area contributed by atoms with Gasteiger partial charge in [-0.15, -0.1) is 11.3 Å². The molecule has 0 spiro atoms. The van der Waals surface area contributed by atoms with Crippen LogP contribution in [0.1, 0.15) is 16.8 Å². The van der Waals surface area contributed by atoms with E-state index in [0.29, 0.717) is 13.1 Å². The van der Waals surface area contributed by atoms with Crippen LogP contribution in [0.15, 0.2) is 60.1 Å². The molecular weight excluding hydrogens is 470 g/mol. The van der Waals surface area contributed by atoms with E-state index in [9.17, 15) is 4.79 Å². The fourth-order valence-corrected chi connectivity index (χ4v) is 5.51. The van der Waals surface area contributed by atoms with Gasteiger partial charge >= 0.3 is 6.03 Å². The summed E-state index contributed by atoms with van der Waals surface area (Å²) in [6.07, 6.45) is 2.86. The highest BCUT2D eigenvalue weighted by Crippen LogP contribution is 2.24. The SMILES string of the molecule is Cc1cccc(C)c1NC(=O)N(CCc1csc2nc(-c3ccccc3)cn12)CCN1CCOCC1. The minimum Gasteiger partial charge on any atom is -0.379 e. The van der Waals surface area contributed by atoms with E-state index in [1.165, 1.54) is 5.69 Å². The number of thiazole rings is 1. The summed E-state index contributed by atoms with van der Waals surface area (Å²) in [7, 11) is 0. The predicted octanol–water partition coefficient (Wildman–Crippen LogP) is 5.09. The molecule has 5 rings (SSSR count). The van der Waals surface area contributed by atoms with Gasteiger partial charge in [-0.3, -0.25) is 9.30 Å². The molecule has 1 saturated heterocycles. The quantitative estimate of drug-likeness (QED) is 0.364. The number of para-hydroxylation sites is 1. The standard InChI is InChI=1S/C28H33N5O2S/c1-21-7-6-8-22(2)26(21)30-27(34)32(14-13-31-15-17-35-18-16-31)12-11-24-20-36-28-29-25(19-33(24)28)23-9-4-3-5-10-23/h3-10,19-20H,11-18H2,1-2H3,(H,30,34). The van der Waals surface area contributed by atoms with Crippen molar-refractivity contribution in [3.63, 3.8) is 0 Å². The summed E-state index contributed by atoms with van der Waals surface area (Å²) in [5.41, 5.74) is 6.30. The topological polar surface area (TPSA) is 62.1 Å². The van der Waals surface area contributed by atoms with Crippen LogP contribution in [0.5, 0.6) is 0 Å². The molecule has 0 saturated carbocycles. The number of benzene rings is 2. The number of amides is 2. The lowest BCUT2D eigenvalue weighted by Crippen LogP contribution is -2.45. The molecule has 0 unspecified atom stereocenters. The average molecular weight is 504 g/mol. The van der Waals surface area contributed by atoms with Crippen LogP contribution in [0.4, 0.5) is 10.5 Å². The second kappa shape index (κ2) is 11.2. The van der Waals surface area contributed by atoms with Crippen molar-refractivity contribution < 1.29 is 9.53 Å². The average Bonchev–Trinajstić information content (AvgIpc) is 3.49. The van der Waals surface area contributed by atoms with Crippen LogP contribution in [-0.2, 0) is 11.2 Å². The molecule has 0 bridgehead atoms. The minimum absolute atomic E-state index is 0.0530.